The van der Waals surface area contributed by atoms with Gasteiger partial charge in [-0.15, -0.1) is 12.4 Å². The Labute approximate surface area is 112 Å². The van der Waals surface area contributed by atoms with Crippen LogP contribution in [-0.4, -0.2) is 7.11 Å². The molecule has 2 N–H and O–H groups in total. The first-order valence-corrected chi connectivity index (χ1v) is 5.93. The Kier molecular flexibility index (Phi) is 7.04. The van der Waals surface area contributed by atoms with E-state index >= 15 is 0 Å². The molecule has 1 atom stereocenters. The van der Waals surface area contributed by atoms with Gasteiger partial charge in [0.15, 0.2) is 0 Å². The Morgan fingerprint density at radius 1 is 1.38 bits per heavy atom. The van der Waals surface area contributed by atoms with Gasteiger partial charge in [0.05, 0.1) is 7.11 Å². The smallest absolute Gasteiger partial charge is 0.123 e. The van der Waals surface area contributed by atoms with Crippen LogP contribution in [0, 0.1) is 5.92 Å². The van der Waals surface area contributed by atoms with Crippen LogP contribution in [0.25, 0.3) is 0 Å². The highest BCUT2D eigenvalue weighted by Crippen LogP contribution is 2.30. The van der Waals surface area contributed by atoms with E-state index in [2.05, 4.69) is 29.8 Å². The highest BCUT2D eigenvalue weighted by atomic mass is 79.9. The van der Waals surface area contributed by atoms with E-state index < -0.39 is 0 Å². The largest absolute Gasteiger partial charge is 0.496 e. The topological polar surface area (TPSA) is 35.2 Å². The van der Waals surface area contributed by atoms with Gasteiger partial charge in [0.1, 0.15) is 5.75 Å². The summed E-state index contributed by atoms with van der Waals surface area (Å²) in [6, 6.07) is 5.98. The molecule has 1 rings (SSSR count). The van der Waals surface area contributed by atoms with Crippen molar-refractivity contribution in [2.75, 3.05) is 7.11 Å². The maximum atomic E-state index is 6.14. The fourth-order valence-electron chi connectivity index (χ4n) is 1.63. The van der Waals surface area contributed by atoms with Crippen LogP contribution >= 0.6 is 28.3 Å². The molecule has 0 aliphatic heterocycles. The van der Waals surface area contributed by atoms with Gasteiger partial charge in [-0.2, -0.15) is 0 Å². The van der Waals surface area contributed by atoms with Crippen molar-refractivity contribution in [3.05, 3.63) is 28.2 Å². The van der Waals surface area contributed by atoms with Crippen molar-refractivity contribution < 1.29 is 4.74 Å². The van der Waals surface area contributed by atoms with Crippen LogP contribution in [0.15, 0.2) is 22.7 Å². The van der Waals surface area contributed by atoms with E-state index in [9.17, 15) is 0 Å². The number of hydrogen-bond acceptors (Lipinski definition) is 2. The minimum Gasteiger partial charge on any atom is -0.496 e. The first-order chi connectivity index (χ1) is 7.04. The third-order valence-corrected chi connectivity index (χ3v) is 2.81. The molecular weight excluding hydrogens is 289 g/mol. The predicted octanol–water partition coefficient (Wildman–Crippen LogP) is 3.93. The summed E-state index contributed by atoms with van der Waals surface area (Å²) < 4.78 is 6.34. The second kappa shape index (κ2) is 7.15. The van der Waals surface area contributed by atoms with E-state index in [4.69, 9.17) is 10.5 Å². The third-order valence-electron chi connectivity index (χ3n) is 2.32. The molecule has 0 aromatic heterocycles. The summed E-state index contributed by atoms with van der Waals surface area (Å²) in [5.41, 5.74) is 7.21. The normalized spacial score (nSPS) is 12.1. The maximum absolute atomic E-state index is 6.14. The Balaban J connectivity index is 0.00000225. The van der Waals surface area contributed by atoms with Crippen LogP contribution in [0.4, 0.5) is 0 Å². The number of rotatable bonds is 4. The lowest BCUT2D eigenvalue weighted by Crippen LogP contribution is -2.14. The number of nitrogens with two attached hydrogens (primary N) is 1. The Bertz CT molecular complexity index is 331. The molecule has 1 aromatic carbocycles. The summed E-state index contributed by atoms with van der Waals surface area (Å²) in [7, 11) is 1.68. The number of methoxy groups -OCH3 is 1. The van der Waals surface area contributed by atoms with Crippen LogP contribution in [0.1, 0.15) is 31.9 Å². The van der Waals surface area contributed by atoms with Gasteiger partial charge >= 0.3 is 0 Å². The Morgan fingerprint density at radius 3 is 2.50 bits per heavy atom. The fourth-order valence-corrected chi connectivity index (χ4v) is 2.01. The molecule has 0 saturated carbocycles. The second-order valence-corrected chi connectivity index (χ2v) is 5.04. The van der Waals surface area contributed by atoms with E-state index in [1.165, 1.54) is 0 Å². The van der Waals surface area contributed by atoms with Gasteiger partial charge in [-0.1, -0.05) is 29.8 Å². The lowest BCUT2D eigenvalue weighted by molar-refractivity contribution is 0.399. The van der Waals surface area contributed by atoms with Crippen molar-refractivity contribution in [2.45, 2.75) is 26.3 Å². The van der Waals surface area contributed by atoms with Crippen LogP contribution in [0.2, 0.25) is 0 Å². The summed E-state index contributed by atoms with van der Waals surface area (Å²) in [6.45, 7) is 4.34. The summed E-state index contributed by atoms with van der Waals surface area (Å²) in [5.74, 6) is 1.45. The average molecular weight is 309 g/mol. The fraction of sp³-hybridized carbons (Fsp3) is 0.500. The van der Waals surface area contributed by atoms with E-state index in [0.717, 1.165) is 22.2 Å². The minimum absolute atomic E-state index is 0. The molecule has 0 spiro atoms. The minimum atomic E-state index is 0. The van der Waals surface area contributed by atoms with Crippen molar-refractivity contribution >= 4 is 28.3 Å². The maximum Gasteiger partial charge on any atom is 0.123 e. The molecule has 92 valence electrons. The summed E-state index contributed by atoms with van der Waals surface area (Å²) in [5, 5.41) is 0. The summed E-state index contributed by atoms with van der Waals surface area (Å²) >= 11 is 3.45. The summed E-state index contributed by atoms with van der Waals surface area (Å²) in [6.07, 6.45) is 0.965. The van der Waals surface area contributed by atoms with Crippen molar-refractivity contribution in [1.82, 2.24) is 0 Å². The first-order valence-electron chi connectivity index (χ1n) is 5.13. The molecule has 4 heteroatoms. The monoisotopic (exact) mass is 307 g/mol. The SMILES string of the molecule is COc1ccc(Br)cc1[C@@H](N)CC(C)C.Cl. The molecule has 0 saturated heterocycles. The van der Waals surface area contributed by atoms with Gasteiger partial charge in [0.25, 0.3) is 0 Å². The number of hydrogen-bond donors (Lipinski definition) is 1. The Morgan fingerprint density at radius 2 is 2.00 bits per heavy atom. The van der Waals surface area contributed by atoms with Gasteiger partial charge in [-0.05, 0) is 30.5 Å². The zero-order chi connectivity index (χ0) is 11.4. The van der Waals surface area contributed by atoms with Gasteiger partial charge in [0.2, 0.25) is 0 Å². The van der Waals surface area contributed by atoms with Crippen LogP contribution in [0.3, 0.4) is 0 Å². The van der Waals surface area contributed by atoms with E-state index in [-0.39, 0.29) is 18.4 Å². The first kappa shape index (κ1) is 15.8. The molecular formula is C12H19BrClNO. The molecule has 0 fully saturated rings. The highest BCUT2D eigenvalue weighted by Gasteiger charge is 2.13. The van der Waals surface area contributed by atoms with Crippen LogP contribution in [-0.2, 0) is 0 Å². The molecule has 0 bridgehead atoms. The van der Waals surface area contributed by atoms with Gasteiger partial charge in [-0.25, -0.2) is 0 Å². The van der Waals surface area contributed by atoms with Crippen LogP contribution < -0.4 is 10.5 Å². The zero-order valence-corrected chi connectivity index (χ0v) is 12.3. The van der Waals surface area contributed by atoms with Gasteiger partial charge in [-0.3, -0.25) is 0 Å². The van der Waals surface area contributed by atoms with Crippen molar-refractivity contribution in [3.8, 4) is 5.75 Å². The molecule has 0 aliphatic carbocycles. The molecule has 0 amide bonds. The van der Waals surface area contributed by atoms with E-state index in [1.54, 1.807) is 7.11 Å². The van der Waals surface area contributed by atoms with Crippen LogP contribution in [0.5, 0.6) is 5.75 Å². The molecule has 0 heterocycles. The quantitative estimate of drug-likeness (QED) is 0.915. The molecule has 0 unspecified atom stereocenters. The van der Waals surface area contributed by atoms with E-state index in [0.29, 0.717) is 5.92 Å². The van der Waals surface area contributed by atoms with Crippen molar-refractivity contribution in [2.24, 2.45) is 11.7 Å². The van der Waals surface area contributed by atoms with Gasteiger partial charge in [0, 0.05) is 16.1 Å². The predicted molar refractivity (Wildman–Crippen MR) is 74.3 cm³/mol. The molecule has 2 nitrogen and oxygen atoms in total. The molecule has 16 heavy (non-hydrogen) atoms. The highest BCUT2D eigenvalue weighted by molar-refractivity contribution is 9.10. The van der Waals surface area contributed by atoms with Crippen molar-refractivity contribution in [3.63, 3.8) is 0 Å². The number of benzene rings is 1. The second-order valence-electron chi connectivity index (χ2n) is 4.12. The lowest BCUT2D eigenvalue weighted by Gasteiger charge is -2.17. The molecule has 0 radical (unpaired) electrons. The van der Waals surface area contributed by atoms with E-state index in [1.807, 2.05) is 18.2 Å². The standard InChI is InChI=1S/C12H18BrNO.ClH/c1-8(2)6-11(14)10-7-9(13)4-5-12(10)15-3;/h4-5,7-8,11H,6,14H2,1-3H3;1H/t11-;/m0./s1. The van der Waals surface area contributed by atoms with Gasteiger partial charge < -0.3 is 10.5 Å². The third kappa shape index (κ3) is 4.32. The Hall–Kier alpha value is -0.250. The van der Waals surface area contributed by atoms with Crippen molar-refractivity contribution in [1.29, 1.82) is 0 Å². The summed E-state index contributed by atoms with van der Waals surface area (Å²) in [4.78, 5) is 0. The zero-order valence-electron chi connectivity index (χ0n) is 9.87. The lowest BCUT2D eigenvalue weighted by atomic mass is 9.97. The average Bonchev–Trinajstić information content (AvgIpc) is 2.16. The number of ether oxygens (including phenoxy) is 1. The molecule has 1 aromatic rings. The number of halogens is 2. The molecule has 0 aliphatic rings.